The van der Waals surface area contributed by atoms with E-state index in [0.29, 0.717) is 16.8 Å². The Morgan fingerprint density at radius 2 is 1.78 bits per heavy atom. The van der Waals surface area contributed by atoms with Crippen LogP contribution in [0.1, 0.15) is 48.2 Å². The molecule has 0 unspecified atom stereocenters. The standard InChI is InChI=1S/C22H28N4O5S/c1-16(2)24-32(30,31)15-19-8-4-3-7-18(19)14-23-22(27)17-9-10-20(21(13-17)26(28)29)25-11-5-6-12-25/h3-4,7-10,13,16,24H,5-6,11-12,14-15H2,1-2H3,(H,23,27). The van der Waals surface area contributed by atoms with Gasteiger partial charge in [0, 0.05) is 37.3 Å². The van der Waals surface area contributed by atoms with Crippen molar-refractivity contribution in [2.45, 2.75) is 45.0 Å². The van der Waals surface area contributed by atoms with Gasteiger partial charge in [-0.1, -0.05) is 24.3 Å². The van der Waals surface area contributed by atoms with Gasteiger partial charge >= 0.3 is 0 Å². The highest BCUT2D eigenvalue weighted by Crippen LogP contribution is 2.31. The number of benzene rings is 2. The summed E-state index contributed by atoms with van der Waals surface area (Å²) in [6, 6.07) is 11.2. The van der Waals surface area contributed by atoms with Gasteiger partial charge in [-0.05, 0) is 49.9 Å². The van der Waals surface area contributed by atoms with E-state index >= 15 is 0 Å². The Bertz CT molecular complexity index is 1100. The van der Waals surface area contributed by atoms with Gasteiger partial charge < -0.3 is 10.2 Å². The third kappa shape index (κ3) is 6.04. The Kier molecular flexibility index (Phi) is 7.47. The molecule has 0 aromatic heterocycles. The Morgan fingerprint density at radius 1 is 1.12 bits per heavy atom. The highest BCUT2D eigenvalue weighted by Gasteiger charge is 2.24. The lowest BCUT2D eigenvalue weighted by Gasteiger charge is -2.18. The van der Waals surface area contributed by atoms with Gasteiger partial charge in [-0.2, -0.15) is 0 Å². The largest absolute Gasteiger partial charge is 0.366 e. The van der Waals surface area contributed by atoms with E-state index in [4.69, 9.17) is 0 Å². The van der Waals surface area contributed by atoms with Crippen LogP contribution in [0.5, 0.6) is 0 Å². The average Bonchev–Trinajstić information content (AvgIpc) is 3.26. The first-order valence-corrected chi connectivity index (χ1v) is 12.2. The van der Waals surface area contributed by atoms with E-state index in [1.54, 1.807) is 50.2 Å². The molecule has 1 aliphatic rings. The van der Waals surface area contributed by atoms with Crippen molar-refractivity contribution in [3.63, 3.8) is 0 Å². The van der Waals surface area contributed by atoms with Crippen molar-refractivity contribution in [3.8, 4) is 0 Å². The maximum atomic E-state index is 12.7. The average molecular weight is 461 g/mol. The summed E-state index contributed by atoms with van der Waals surface area (Å²) in [7, 11) is -3.52. The third-order valence-electron chi connectivity index (χ3n) is 5.20. The number of anilines is 1. The van der Waals surface area contributed by atoms with Crippen LogP contribution in [0.4, 0.5) is 11.4 Å². The molecule has 10 heteroatoms. The van der Waals surface area contributed by atoms with E-state index in [1.807, 2.05) is 4.90 Å². The molecule has 1 aliphatic heterocycles. The smallest absolute Gasteiger partial charge is 0.293 e. The van der Waals surface area contributed by atoms with Crippen LogP contribution in [0.15, 0.2) is 42.5 Å². The van der Waals surface area contributed by atoms with Crippen molar-refractivity contribution in [1.29, 1.82) is 0 Å². The minimum absolute atomic E-state index is 0.0918. The van der Waals surface area contributed by atoms with Crippen LogP contribution in [0.3, 0.4) is 0 Å². The number of nitrogens with zero attached hydrogens (tertiary/aromatic N) is 2. The van der Waals surface area contributed by atoms with Crippen LogP contribution in [0.25, 0.3) is 0 Å². The molecule has 2 aromatic rings. The van der Waals surface area contributed by atoms with Crippen molar-refractivity contribution >= 4 is 27.3 Å². The second-order valence-electron chi connectivity index (χ2n) is 8.14. The van der Waals surface area contributed by atoms with Crippen molar-refractivity contribution in [1.82, 2.24) is 10.0 Å². The summed E-state index contributed by atoms with van der Waals surface area (Å²) in [5.41, 5.74) is 1.86. The van der Waals surface area contributed by atoms with E-state index in [-0.39, 0.29) is 29.6 Å². The SMILES string of the molecule is CC(C)NS(=O)(=O)Cc1ccccc1CNC(=O)c1ccc(N2CCCC2)c([N+](=O)[O-])c1. The second kappa shape index (κ2) is 10.1. The molecule has 172 valence electrons. The lowest BCUT2D eigenvalue weighted by atomic mass is 10.1. The van der Waals surface area contributed by atoms with E-state index in [1.165, 1.54) is 6.07 Å². The Labute approximate surface area is 188 Å². The summed E-state index contributed by atoms with van der Waals surface area (Å²) in [6.07, 6.45) is 1.97. The van der Waals surface area contributed by atoms with Crippen LogP contribution in [-0.4, -0.2) is 38.4 Å². The summed E-state index contributed by atoms with van der Waals surface area (Å²) < 4.78 is 27.1. The van der Waals surface area contributed by atoms with Crippen LogP contribution < -0.4 is 14.9 Å². The van der Waals surface area contributed by atoms with E-state index in [0.717, 1.165) is 25.9 Å². The Morgan fingerprint density at radius 3 is 2.41 bits per heavy atom. The van der Waals surface area contributed by atoms with Crippen LogP contribution in [0.2, 0.25) is 0 Å². The molecular weight excluding hydrogens is 432 g/mol. The van der Waals surface area contributed by atoms with Crippen LogP contribution in [0, 0.1) is 10.1 Å². The number of hydrogen-bond acceptors (Lipinski definition) is 6. The molecule has 32 heavy (non-hydrogen) atoms. The zero-order valence-electron chi connectivity index (χ0n) is 18.2. The van der Waals surface area contributed by atoms with E-state index in [2.05, 4.69) is 10.0 Å². The number of nitro benzene ring substituents is 1. The Hall–Kier alpha value is -2.98. The Balaban J connectivity index is 1.74. The van der Waals surface area contributed by atoms with Gasteiger partial charge in [0.1, 0.15) is 5.69 Å². The van der Waals surface area contributed by atoms with E-state index < -0.39 is 20.9 Å². The lowest BCUT2D eigenvalue weighted by molar-refractivity contribution is -0.384. The summed E-state index contributed by atoms with van der Waals surface area (Å²) in [5, 5.41) is 14.3. The molecule has 0 aliphatic carbocycles. The van der Waals surface area contributed by atoms with Crippen molar-refractivity contribution < 1.29 is 18.1 Å². The van der Waals surface area contributed by atoms with Crippen molar-refractivity contribution in [2.24, 2.45) is 0 Å². The van der Waals surface area contributed by atoms with Crippen molar-refractivity contribution in [2.75, 3.05) is 18.0 Å². The molecule has 1 saturated heterocycles. The van der Waals surface area contributed by atoms with Gasteiger partial charge in [0.25, 0.3) is 11.6 Å². The molecule has 2 N–H and O–H groups in total. The molecule has 2 aromatic carbocycles. The fourth-order valence-electron chi connectivity index (χ4n) is 3.79. The summed E-state index contributed by atoms with van der Waals surface area (Å²) in [4.78, 5) is 25.8. The molecule has 0 radical (unpaired) electrons. The summed E-state index contributed by atoms with van der Waals surface area (Å²) in [5.74, 6) is -0.660. The van der Waals surface area contributed by atoms with Crippen LogP contribution in [-0.2, 0) is 22.3 Å². The number of rotatable bonds is 9. The van der Waals surface area contributed by atoms with Gasteiger partial charge in [-0.15, -0.1) is 0 Å². The zero-order chi connectivity index (χ0) is 23.3. The topological polar surface area (TPSA) is 122 Å². The molecule has 0 atom stereocenters. The highest BCUT2D eigenvalue weighted by molar-refractivity contribution is 7.88. The normalized spacial score (nSPS) is 14.0. The fraction of sp³-hybridized carbons (Fsp3) is 0.409. The molecule has 9 nitrogen and oxygen atoms in total. The lowest BCUT2D eigenvalue weighted by Crippen LogP contribution is -2.32. The number of sulfonamides is 1. The zero-order valence-corrected chi connectivity index (χ0v) is 19.0. The predicted molar refractivity (Wildman–Crippen MR) is 123 cm³/mol. The minimum atomic E-state index is -3.52. The number of carbonyl (C=O) groups is 1. The van der Waals surface area contributed by atoms with Gasteiger partial charge in [-0.25, -0.2) is 13.1 Å². The van der Waals surface area contributed by atoms with Gasteiger partial charge in [0.15, 0.2) is 0 Å². The third-order valence-corrected chi connectivity index (χ3v) is 6.72. The first-order valence-electron chi connectivity index (χ1n) is 10.5. The van der Waals surface area contributed by atoms with Crippen molar-refractivity contribution in [3.05, 3.63) is 69.3 Å². The second-order valence-corrected chi connectivity index (χ2v) is 9.89. The van der Waals surface area contributed by atoms with Gasteiger partial charge in [-0.3, -0.25) is 14.9 Å². The molecule has 0 bridgehead atoms. The van der Waals surface area contributed by atoms with Gasteiger partial charge in [0.05, 0.1) is 10.7 Å². The minimum Gasteiger partial charge on any atom is -0.366 e. The first-order chi connectivity index (χ1) is 15.2. The maximum absolute atomic E-state index is 12.7. The molecule has 1 heterocycles. The van der Waals surface area contributed by atoms with Gasteiger partial charge in [0.2, 0.25) is 10.0 Å². The number of nitro groups is 1. The number of amides is 1. The predicted octanol–water partition coefficient (Wildman–Crippen LogP) is 2.95. The van der Waals surface area contributed by atoms with E-state index in [9.17, 15) is 23.3 Å². The molecule has 1 amide bonds. The molecular formula is C22H28N4O5S. The summed E-state index contributed by atoms with van der Waals surface area (Å²) >= 11 is 0. The number of nitrogens with one attached hydrogen (secondary N) is 2. The summed E-state index contributed by atoms with van der Waals surface area (Å²) in [6.45, 7) is 5.12. The molecule has 3 rings (SSSR count). The molecule has 1 fully saturated rings. The number of hydrogen-bond donors (Lipinski definition) is 2. The number of carbonyl (C=O) groups excluding carboxylic acids is 1. The maximum Gasteiger partial charge on any atom is 0.293 e. The quantitative estimate of drug-likeness (QED) is 0.438. The monoisotopic (exact) mass is 460 g/mol. The highest BCUT2D eigenvalue weighted by atomic mass is 32.2. The fourth-order valence-corrected chi connectivity index (χ4v) is 5.28. The van der Waals surface area contributed by atoms with Crippen LogP contribution >= 0.6 is 0 Å². The molecule has 0 spiro atoms. The first kappa shape index (κ1) is 23.7. The molecule has 0 saturated carbocycles.